The summed E-state index contributed by atoms with van der Waals surface area (Å²) < 4.78 is 104. The van der Waals surface area contributed by atoms with Gasteiger partial charge in [0.05, 0.1) is 0 Å². The number of pyridine rings is 1. The first-order chi connectivity index (χ1) is 15.8. The molecule has 0 radical (unpaired) electrons. The van der Waals surface area contributed by atoms with E-state index in [4.69, 9.17) is 4.74 Å². The Hall–Kier alpha value is -2.20. The Labute approximate surface area is 193 Å². The molecule has 1 fully saturated rings. The van der Waals surface area contributed by atoms with E-state index in [0.29, 0.717) is 11.1 Å². The molecule has 34 heavy (non-hydrogen) atoms. The number of rotatable bonds is 8. The number of benzene rings is 1. The topological polar surface area (TPSA) is 25.4 Å². The Balaban J connectivity index is 2.01. The third-order valence-corrected chi connectivity index (χ3v) is 6.52. The molecule has 3 rings (SSSR count). The molecular formula is C24H27F7N2O. The molecule has 0 unspecified atom stereocenters. The second kappa shape index (κ2) is 9.81. The lowest BCUT2D eigenvalue weighted by Gasteiger charge is -2.49. The van der Waals surface area contributed by atoms with Crippen molar-refractivity contribution in [1.29, 1.82) is 0 Å². The minimum atomic E-state index is -5.69. The van der Waals surface area contributed by atoms with Gasteiger partial charge in [0.2, 0.25) is 0 Å². The monoisotopic (exact) mass is 492 g/mol. The average Bonchev–Trinajstić information content (AvgIpc) is 3.15. The number of aromatic nitrogens is 1. The molecule has 0 saturated carbocycles. The third-order valence-electron chi connectivity index (χ3n) is 6.52. The lowest BCUT2D eigenvalue weighted by molar-refractivity contribution is -0.414. The number of likely N-dealkylation sites (tertiary alicyclic amines) is 1. The van der Waals surface area contributed by atoms with Crippen molar-refractivity contribution in [2.24, 2.45) is 5.41 Å². The number of aryl methyl sites for hydroxylation is 2. The summed E-state index contributed by atoms with van der Waals surface area (Å²) in [6.45, 7) is 1.91. The van der Waals surface area contributed by atoms with Gasteiger partial charge in [-0.1, -0.05) is 18.2 Å². The number of hydrogen-bond acceptors (Lipinski definition) is 3. The van der Waals surface area contributed by atoms with Gasteiger partial charge in [0.25, 0.3) is 5.60 Å². The fraction of sp³-hybridized carbons (Fsp3) is 0.542. The van der Waals surface area contributed by atoms with Crippen molar-refractivity contribution in [3.05, 3.63) is 65.2 Å². The highest BCUT2D eigenvalue weighted by Crippen LogP contribution is 2.60. The van der Waals surface area contributed by atoms with Crippen LogP contribution in [0.25, 0.3) is 0 Å². The molecule has 1 aromatic carbocycles. The minimum Gasteiger partial charge on any atom is -0.358 e. The Morgan fingerprint density at radius 2 is 1.59 bits per heavy atom. The molecular weight excluding hydrogens is 465 g/mol. The summed E-state index contributed by atoms with van der Waals surface area (Å²) in [4.78, 5) is 5.74. The van der Waals surface area contributed by atoms with Gasteiger partial charge in [0.15, 0.2) is 0 Å². The lowest BCUT2D eigenvalue weighted by Crippen LogP contribution is -2.69. The van der Waals surface area contributed by atoms with Gasteiger partial charge in [-0.05, 0) is 69.0 Å². The zero-order valence-electron chi connectivity index (χ0n) is 18.9. The number of alkyl halides is 6. The first-order valence-corrected chi connectivity index (χ1v) is 11.0. The van der Waals surface area contributed by atoms with Gasteiger partial charge < -0.3 is 4.74 Å². The molecule has 10 heteroatoms. The molecule has 0 N–H and O–H groups in total. The van der Waals surface area contributed by atoms with Crippen LogP contribution in [0.5, 0.6) is 0 Å². The van der Waals surface area contributed by atoms with Crippen molar-refractivity contribution in [1.82, 2.24) is 9.88 Å². The van der Waals surface area contributed by atoms with Gasteiger partial charge in [0.1, 0.15) is 5.82 Å². The standard InChI is InChI=1S/C24H27F7N2O/c1-3-34-22(23(26,27)28,24(29,30)31)21(11-10-18-6-8-20(25)9-7-18)12-13-33(16-21)15-19-5-4-17(2)32-14-19/h4-9,14H,3,10-13,15-16H2,1-2H3/t21-/m1/s1. The minimum absolute atomic E-state index is 0.0400. The molecule has 0 bridgehead atoms. The quantitative estimate of drug-likeness (QED) is 0.407. The van der Waals surface area contributed by atoms with Crippen LogP contribution >= 0.6 is 0 Å². The highest BCUT2D eigenvalue weighted by atomic mass is 19.4. The number of ether oxygens (including phenoxy) is 1. The van der Waals surface area contributed by atoms with Crippen LogP contribution in [0.3, 0.4) is 0 Å². The van der Waals surface area contributed by atoms with Crippen LogP contribution in [-0.4, -0.2) is 47.5 Å². The van der Waals surface area contributed by atoms with E-state index < -0.39 is 48.8 Å². The zero-order chi connectivity index (χ0) is 25.2. The van der Waals surface area contributed by atoms with Gasteiger partial charge in [0, 0.05) is 37.0 Å². The largest absolute Gasteiger partial charge is 0.427 e. The second-order valence-corrected chi connectivity index (χ2v) is 8.78. The van der Waals surface area contributed by atoms with Crippen LogP contribution < -0.4 is 0 Å². The van der Waals surface area contributed by atoms with Crippen LogP contribution in [0.2, 0.25) is 0 Å². The van der Waals surface area contributed by atoms with E-state index in [1.807, 2.05) is 0 Å². The Bertz CT molecular complexity index is 928. The molecule has 1 aliphatic heterocycles. The maximum absolute atomic E-state index is 14.4. The van der Waals surface area contributed by atoms with Crippen LogP contribution in [-0.2, 0) is 17.7 Å². The van der Waals surface area contributed by atoms with Gasteiger partial charge in [-0.15, -0.1) is 0 Å². The Morgan fingerprint density at radius 3 is 2.12 bits per heavy atom. The summed E-state index contributed by atoms with van der Waals surface area (Å²) in [6, 6.07) is 8.51. The molecule has 1 atom stereocenters. The summed E-state index contributed by atoms with van der Waals surface area (Å²) in [5.41, 5.74) is -4.71. The van der Waals surface area contributed by atoms with Crippen molar-refractivity contribution in [3.63, 3.8) is 0 Å². The molecule has 3 nitrogen and oxygen atoms in total. The van der Waals surface area contributed by atoms with Crippen molar-refractivity contribution in [2.75, 3.05) is 19.7 Å². The van der Waals surface area contributed by atoms with E-state index in [1.165, 1.54) is 12.1 Å². The molecule has 2 heterocycles. The fourth-order valence-electron chi connectivity index (χ4n) is 4.94. The van der Waals surface area contributed by atoms with Gasteiger partial charge in [-0.3, -0.25) is 9.88 Å². The first kappa shape index (κ1) is 26.4. The highest BCUT2D eigenvalue weighted by molar-refractivity contribution is 5.20. The van der Waals surface area contributed by atoms with E-state index in [1.54, 1.807) is 30.2 Å². The Kier molecular flexibility index (Phi) is 7.62. The fourth-order valence-corrected chi connectivity index (χ4v) is 4.94. The summed E-state index contributed by atoms with van der Waals surface area (Å²) in [7, 11) is 0. The van der Waals surface area contributed by atoms with Crippen LogP contribution in [0.1, 0.15) is 36.6 Å². The van der Waals surface area contributed by atoms with Crippen molar-refractivity contribution in [2.45, 2.75) is 57.6 Å². The smallest absolute Gasteiger partial charge is 0.358 e. The predicted molar refractivity (Wildman–Crippen MR) is 112 cm³/mol. The molecule has 0 amide bonds. The van der Waals surface area contributed by atoms with E-state index in [0.717, 1.165) is 24.8 Å². The SMILES string of the molecule is CCOC(C(F)(F)F)(C(F)(F)F)[C@]1(CCc2ccc(F)cc2)CCN(Cc2ccc(C)nc2)C1. The molecule has 188 valence electrons. The van der Waals surface area contributed by atoms with E-state index in [-0.39, 0.29) is 25.9 Å². The lowest BCUT2D eigenvalue weighted by atomic mass is 9.66. The van der Waals surface area contributed by atoms with Crippen LogP contribution in [0, 0.1) is 18.2 Å². The van der Waals surface area contributed by atoms with Gasteiger partial charge in [-0.25, -0.2) is 4.39 Å². The van der Waals surface area contributed by atoms with Gasteiger partial charge >= 0.3 is 12.4 Å². The predicted octanol–water partition coefficient (Wildman–Crippen LogP) is 6.25. The summed E-state index contributed by atoms with van der Waals surface area (Å²) in [6.07, 6.45) is -10.7. The van der Waals surface area contributed by atoms with Gasteiger partial charge in [-0.2, -0.15) is 26.3 Å². The molecule has 1 saturated heterocycles. The maximum Gasteiger partial charge on any atom is 0.427 e. The highest BCUT2D eigenvalue weighted by Gasteiger charge is 2.81. The summed E-state index contributed by atoms with van der Waals surface area (Å²) >= 11 is 0. The number of nitrogens with zero attached hydrogens (tertiary/aromatic N) is 2. The van der Waals surface area contributed by atoms with E-state index in [2.05, 4.69) is 4.98 Å². The molecule has 1 aromatic heterocycles. The molecule has 1 aliphatic rings. The van der Waals surface area contributed by atoms with Crippen molar-refractivity contribution < 1.29 is 35.5 Å². The summed E-state index contributed by atoms with van der Waals surface area (Å²) in [5, 5.41) is 0. The van der Waals surface area contributed by atoms with Crippen molar-refractivity contribution >= 4 is 0 Å². The second-order valence-electron chi connectivity index (χ2n) is 8.78. The third kappa shape index (κ3) is 5.07. The van der Waals surface area contributed by atoms with Crippen LogP contribution in [0.15, 0.2) is 42.6 Å². The molecule has 0 spiro atoms. The van der Waals surface area contributed by atoms with Crippen molar-refractivity contribution in [3.8, 4) is 0 Å². The number of hydrogen-bond donors (Lipinski definition) is 0. The normalized spacial score (nSPS) is 20.1. The summed E-state index contributed by atoms with van der Waals surface area (Å²) in [5.74, 6) is -0.536. The molecule has 0 aliphatic carbocycles. The van der Waals surface area contributed by atoms with E-state index in [9.17, 15) is 30.7 Å². The van der Waals surface area contributed by atoms with Crippen LogP contribution in [0.4, 0.5) is 30.7 Å². The maximum atomic E-state index is 14.4. The average molecular weight is 492 g/mol. The Morgan fingerprint density at radius 1 is 0.971 bits per heavy atom. The zero-order valence-corrected chi connectivity index (χ0v) is 18.9. The molecule has 2 aromatic rings. The number of halogens is 7. The first-order valence-electron chi connectivity index (χ1n) is 11.0. The van der Waals surface area contributed by atoms with E-state index >= 15 is 0 Å².